The molecular formula is C21H15N3O5. The van der Waals surface area contributed by atoms with Crippen LogP contribution in [0.3, 0.4) is 0 Å². The van der Waals surface area contributed by atoms with Crippen LogP contribution in [0, 0.1) is 17.0 Å². The zero-order valence-electron chi connectivity index (χ0n) is 15.3. The zero-order chi connectivity index (χ0) is 20.4. The minimum atomic E-state index is -0.462. The Kier molecular flexibility index (Phi) is 4.66. The van der Waals surface area contributed by atoms with Crippen LogP contribution in [0.4, 0.5) is 5.69 Å². The van der Waals surface area contributed by atoms with Crippen molar-refractivity contribution in [3.63, 3.8) is 0 Å². The fourth-order valence-corrected chi connectivity index (χ4v) is 2.92. The van der Waals surface area contributed by atoms with Crippen LogP contribution in [0.2, 0.25) is 0 Å². The van der Waals surface area contributed by atoms with Crippen LogP contribution in [0.15, 0.2) is 74.6 Å². The topological polar surface area (TPSA) is 111 Å². The Morgan fingerprint density at radius 2 is 1.83 bits per heavy atom. The molecule has 0 bridgehead atoms. The number of nitro groups is 1. The molecular weight excluding hydrogens is 374 g/mol. The molecule has 0 aliphatic rings. The third-order valence-electron chi connectivity index (χ3n) is 4.40. The van der Waals surface area contributed by atoms with E-state index in [4.69, 9.17) is 8.83 Å². The van der Waals surface area contributed by atoms with Crippen molar-refractivity contribution in [2.24, 2.45) is 5.10 Å². The number of para-hydroxylation sites is 1. The van der Waals surface area contributed by atoms with Crippen molar-refractivity contribution >= 4 is 28.8 Å². The molecule has 2 aromatic carbocycles. The number of rotatable bonds is 5. The maximum absolute atomic E-state index is 12.3. The Bertz CT molecular complexity index is 1230. The number of hydrogen-bond donors (Lipinski definition) is 1. The van der Waals surface area contributed by atoms with Gasteiger partial charge in [0.1, 0.15) is 17.1 Å². The van der Waals surface area contributed by atoms with Crippen molar-refractivity contribution < 1.29 is 18.6 Å². The second-order valence-corrected chi connectivity index (χ2v) is 6.26. The number of furan rings is 2. The summed E-state index contributed by atoms with van der Waals surface area (Å²) >= 11 is 0. The number of fused-ring (bicyclic) bond motifs is 1. The van der Waals surface area contributed by atoms with Gasteiger partial charge >= 0.3 is 5.91 Å². The Morgan fingerprint density at radius 3 is 2.55 bits per heavy atom. The Hall–Kier alpha value is -4.20. The zero-order valence-corrected chi connectivity index (χ0v) is 15.3. The van der Waals surface area contributed by atoms with Gasteiger partial charge in [-0.3, -0.25) is 14.9 Å². The summed E-state index contributed by atoms with van der Waals surface area (Å²) in [6.45, 7) is 1.81. The first-order valence-electron chi connectivity index (χ1n) is 8.69. The normalized spacial score (nSPS) is 11.2. The van der Waals surface area contributed by atoms with E-state index in [1.807, 2.05) is 25.1 Å². The van der Waals surface area contributed by atoms with E-state index in [9.17, 15) is 14.9 Å². The molecule has 8 nitrogen and oxygen atoms in total. The number of amides is 1. The number of hydrogen-bond acceptors (Lipinski definition) is 6. The molecule has 0 aliphatic heterocycles. The van der Waals surface area contributed by atoms with Gasteiger partial charge in [-0.2, -0.15) is 5.10 Å². The van der Waals surface area contributed by atoms with Crippen LogP contribution in [0.5, 0.6) is 0 Å². The van der Waals surface area contributed by atoms with Crippen molar-refractivity contribution in [2.75, 3.05) is 0 Å². The third-order valence-corrected chi connectivity index (χ3v) is 4.40. The van der Waals surface area contributed by atoms with E-state index in [0.29, 0.717) is 22.7 Å². The summed E-state index contributed by atoms with van der Waals surface area (Å²) in [5.41, 5.74) is 4.50. The molecule has 8 heteroatoms. The SMILES string of the molecule is Cc1c(C(=O)N/N=C\c2ccc(-c3ccc([N+](=O)[O-])cc3)o2)oc2ccccc12. The Balaban J connectivity index is 1.45. The lowest BCUT2D eigenvalue weighted by Gasteiger charge is -1.97. The van der Waals surface area contributed by atoms with Crippen LogP contribution in [0.25, 0.3) is 22.3 Å². The minimum absolute atomic E-state index is 0.00526. The summed E-state index contributed by atoms with van der Waals surface area (Å²) in [5, 5.41) is 15.5. The standard InChI is InChI=1S/C21H15N3O5/c1-13-17-4-2-3-5-19(17)29-20(13)21(25)23-22-12-16-10-11-18(28-16)14-6-8-15(9-7-14)24(26)27/h2-12H,1H3,(H,23,25)/b22-12-. The summed E-state index contributed by atoms with van der Waals surface area (Å²) in [6, 6.07) is 16.8. The quantitative estimate of drug-likeness (QED) is 0.303. The lowest BCUT2D eigenvalue weighted by Crippen LogP contribution is -2.17. The minimum Gasteiger partial charge on any atom is -0.455 e. The predicted molar refractivity (Wildman–Crippen MR) is 107 cm³/mol. The smallest absolute Gasteiger partial charge is 0.307 e. The molecule has 0 saturated heterocycles. The van der Waals surface area contributed by atoms with E-state index in [2.05, 4.69) is 10.5 Å². The van der Waals surface area contributed by atoms with Crippen molar-refractivity contribution in [3.8, 4) is 11.3 Å². The Labute approximate surface area is 164 Å². The van der Waals surface area contributed by atoms with Crippen molar-refractivity contribution in [3.05, 3.63) is 87.9 Å². The van der Waals surface area contributed by atoms with Crippen molar-refractivity contribution in [1.82, 2.24) is 5.43 Å². The second kappa shape index (κ2) is 7.43. The molecule has 0 atom stereocenters. The first-order valence-corrected chi connectivity index (χ1v) is 8.69. The van der Waals surface area contributed by atoms with Gasteiger partial charge in [0.05, 0.1) is 11.1 Å². The molecule has 4 aromatic rings. The Morgan fingerprint density at radius 1 is 1.07 bits per heavy atom. The van der Waals surface area contributed by atoms with Gasteiger partial charge in [0, 0.05) is 28.6 Å². The molecule has 29 heavy (non-hydrogen) atoms. The van der Waals surface area contributed by atoms with E-state index < -0.39 is 10.8 Å². The van der Waals surface area contributed by atoms with Crippen molar-refractivity contribution in [1.29, 1.82) is 0 Å². The summed E-state index contributed by atoms with van der Waals surface area (Å²) < 4.78 is 11.2. The third kappa shape index (κ3) is 3.63. The fourth-order valence-electron chi connectivity index (χ4n) is 2.92. The fraction of sp³-hybridized carbons (Fsp3) is 0.0476. The summed E-state index contributed by atoms with van der Waals surface area (Å²) in [7, 11) is 0. The van der Waals surface area contributed by atoms with Crippen LogP contribution in [0.1, 0.15) is 21.9 Å². The maximum atomic E-state index is 12.3. The van der Waals surface area contributed by atoms with Gasteiger partial charge in [0.25, 0.3) is 5.69 Å². The molecule has 2 aromatic heterocycles. The molecule has 144 valence electrons. The summed E-state index contributed by atoms with van der Waals surface area (Å²) in [4.78, 5) is 22.6. The first kappa shape index (κ1) is 18.2. The largest absolute Gasteiger partial charge is 0.455 e. The molecule has 0 fully saturated rings. The highest BCUT2D eigenvalue weighted by Gasteiger charge is 2.16. The van der Waals surface area contributed by atoms with Gasteiger partial charge in [0.2, 0.25) is 0 Å². The molecule has 0 radical (unpaired) electrons. The van der Waals surface area contributed by atoms with Gasteiger partial charge in [-0.05, 0) is 37.3 Å². The number of hydrazone groups is 1. The highest BCUT2D eigenvalue weighted by Crippen LogP contribution is 2.25. The average molecular weight is 389 g/mol. The van der Waals surface area contributed by atoms with Crippen LogP contribution >= 0.6 is 0 Å². The van der Waals surface area contributed by atoms with Gasteiger partial charge < -0.3 is 8.83 Å². The van der Waals surface area contributed by atoms with E-state index in [0.717, 1.165) is 10.9 Å². The maximum Gasteiger partial charge on any atom is 0.307 e. The lowest BCUT2D eigenvalue weighted by atomic mass is 10.1. The summed E-state index contributed by atoms with van der Waals surface area (Å²) in [5.74, 6) is 0.687. The lowest BCUT2D eigenvalue weighted by molar-refractivity contribution is -0.384. The van der Waals surface area contributed by atoms with Gasteiger partial charge in [-0.15, -0.1) is 0 Å². The number of carbonyl (C=O) groups is 1. The molecule has 2 heterocycles. The first-order chi connectivity index (χ1) is 14.0. The average Bonchev–Trinajstić information content (AvgIpc) is 3.33. The predicted octanol–water partition coefficient (Wildman–Crippen LogP) is 4.67. The molecule has 0 saturated carbocycles. The number of nitrogens with zero attached hydrogens (tertiary/aromatic N) is 2. The molecule has 0 spiro atoms. The summed E-state index contributed by atoms with van der Waals surface area (Å²) in [6.07, 6.45) is 1.37. The number of benzene rings is 2. The molecule has 1 N–H and O–H groups in total. The second-order valence-electron chi connectivity index (χ2n) is 6.26. The monoisotopic (exact) mass is 389 g/mol. The number of nitrogens with one attached hydrogen (secondary N) is 1. The van der Waals surface area contributed by atoms with Gasteiger partial charge in [-0.1, -0.05) is 18.2 Å². The van der Waals surface area contributed by atoms with Gasteiger partial charge in [-0.25, -0.2) is 5.43 Å². The highest BCUT2D eigenvalue weighted by atomic mass is 16.6. The molecule has 0 aliphatic carbocycles. The van der Waals surface area contributed by atoms with E-state index in [1.165, 1.54) is 18.3 Å². The number of aryl methyl sites for hydroxylation is 1. The van der Waals surface area contributed by atoms with Crippen LogP contribution < -0.4 is 5.43 Å². The molecule has 4 rings (SSSR count). The number of non-ortho nitro benzene ring substituents is 1. The molecule has 0 unspecified atom stereocenters. The highest BCUT2D eigenvalue weighted by molar-refractivity contribution is 5.99. The van der Waals surface area contributed by atoms with Crippen molar-refractivity contribution in [2.45, 2.75) is 6.92 Å². The number of nitro benzene ring substituents is 1. The van der Waals surface area contributed by atoms with E-state index in [-0.39, 0.29) is 11.4 Å². The number of carbonyl (C=O) groups excluding carboxylic acids is 1. The van der Waals surface area contributed by atoms with Gasteiger partial charge in [0.15, 0.2) is 5.76 Å². The van der Waals surface area contributed by atoms with Crippen LogP contribution in [-0.2, 0) is 0 Å². The molecule has 1 amide bonds. The van der Waals surface area contributed by atoms with E-state index >= 15 is 0 Å². The van der Waals surface area contributed by atoms with Crippen LogP contribution in [-0.4, -0.2) is 17.0 Å². The van der Waals surface area contributed by atoms with E-state index in [1.54, 1.807) is 30.3 Å².